The van der Waals surface area contributed by atoms with Gasteiger partial charge in [0.15, 0.2) is 5.69 Å². The second kappa shape index (κ2) is 9.29. The summed E-state index contributed by atoms with van der Waals surface area (Å²) in [7, 11) is 1.43. The van der Waals surface area contributed by atoms with Gasteiger partial charge < -0.3 is 25.4 Å². The summed E-state index contributed by atoms with van der Waals surface area (Å²) in [6.45, 7) is 0. The molecule has 0 saturated carbocycles. The first-order chi connectivity index (χ1) is 15.2. The second-order valence-electron chi connectivity index (χ2n) is 6.99. The van der Waals surface area contributed by atoms with Gasteiger partial charge in [-0.1, -0.05) is 18.2 Å². The summed E-state index contributed by atoms with van der Waals surface area (Å²) in [6.07, 6.45) is 0.801. The molecule has 2 amide bonds. The van der Waals surface area contributed by atoms with E-state index in [0.717, 1.165) is 16.7 Å². The molecule has 2 aromatic carbocycles. The maximum Gasteiger partial charge on any atom is 0.319 e. The zero-order valence-corrected chi connectivity index (χ0v) is 16.8. The van der Waals surface area contributed by atoms with Crippen molar-refractivity contribution in [1.29, 1.82) is 0 Å². The normalized spacial score (nSPS) is 11.6. The van der Waals surface area contributed by atoms with Crippen LogP contribution in [0.5, 0.6) is 5.75 Å². The number of pyridine rings is 1. The number of nitrogens with zero attached hydrogens (tertiary/aromatic N) is 1. The highest BCUT2D eigenvalue weighted by atomic mass is 19.1. The van der Waals surface area contributed by atoms with Crippen LogP contribution >= 0.6 is 0 Å². The Morgan fingerprint density at radius 2 is 1.88 bits per heavy atom. The lowest BCUT2D eigenvalue weighted by atomic mass is 9.97. The summed E-state index contributed by atoms with van der Waals surface area (Å²) in [5.74, 6) is -3.20. The van der Waals surface area contributed by atoms with Gasteiger partial charge >= 0.3 is 12.0 Å². The van der Waals surface area contributed by atoms with E-state index in [9.17, 15) is 33.4 Å². The number of anilines is 1. The van der Waals surface area contributed by atoms with Crippen LogP contribution in [0.1, 0.15) is 18.0 Å². The van der Waals surface area contributed by atoms with E-state index in [-0.39, 0.29) is 11.3 Å². The number of rotatable bonds is 6. The van der Waals surface area contributed by atoms with Gasteiger partial charge in [0.05, 0.1) is 12.5 Å². The van der Waals surface area contributed by atoms with E-state index in [1.807, 2.05) is 0 Å². The lowest BCUT2D eigenvalue weighted by molar-refractivity contribution is -0.137. The van der Waals surface area contributed by atoms with E-state index < -0.39 is 47.4 Å². The average molecular weight is 443 g/mol. The lowest BCUT2D eigenvalue weighted by Crippen LogP contribution is -2.36. The Kier molecular flexibility index (Phi) is 6.53. The Balaban J connectivity index is 1.89. The lowest BCUT2D eigenvalue weighted by Gasteiger charge is -2.19. The van der Waals surface area contributed by atoms with Gasteiger partial charge in [-0.25, -0.2) is 13.6 Å². The van der Waals surface area contributed by atoms with Crippen LogP contribution in [0.15, 0.2) is 59.5 Å². The van der Waals surface area contributed by atoms with Crippen LogP contribution in [-0.4, -0.2) is 26.8 Å². The van der Waals surface area contributed by atoms with E-state index >= 15 is 0 Å². The van der Waals surface area contributed by atoms with Crippen molar-refractivity contribution in [2.75, 3.05) is 5.32 Å². The molecule has 4 N–H and O–H groups in total. The van der Waals surface area contributed by atoms with E-state index in [1.54, 1.807) is 12.1 Å². The van der Waals surface area contributed by atoms with Gasteiger partial charge in [0.25, 0.3) is 5.56 Å². The molecule has 166 valence electrons. The minimum Gasteiger partial charge on any atom is -0.505 e. The zero-order valence-electron chi connectivity index (χ0n) is 16.8. The Morgan fingerprint density at radius 1 is 1.12 bits per heavy atom. The second-order valence-corrected chi connectivity index (χ2v) is 6.99. The number of carbonyl (C=O) groups is 2. The van der Waals surface area contributed by atoms with Crippen LogP contribution in [0, 0.1) is 11.6 Å². The predicted octanol–water partition coefficient (Wildman–Crippen LogP) is 3.37. The van der Waals surface area contributed by atoms with Crippen molar-refractivity contribution in [3.05, 3.63) is 82.3 Å². The molecule has 1 heterocycles. The first kappa shape index (κ1) is 22.5. The number of urea groups is 1. The number of aromatic nitrogens is 1. The molecule has 1 atom stereocenters. The summed E-state index contributed by atoms with van der Waals surface area (Å²) < 4.78 is 28.5. The van der Waals surface area contributed by atoms with Crippen LogP contribution < -0.4 is 16.2 Å². The molecule has 0 spiro atoms. The van der Waals surface area contributed by atoms with Gasteiger partial charge in [-0.05, 0) is 35.4 Å². The summed E-state index contributed by atoms with van der Waals surface area (Å²) >= 11 is 0. The zero-order chi connectivity index (χ0) is 23.4. The quantitative estimate of drug-likeness (QED) is 0.466. The van der Waals surface area contributed by atoms with E-state index in [1.165, 1.54) is 37.5 Å². The maximum atomic E-state index is 14.2. The summed E-state index contributed by atoms with van der Waals surface area (Å²) in [5, 5.41) is 23.8. The summed E-state index contributed by atoms with van der Waals surface area (Å²) in [6, 6.07) is 8.44. The highest BCUT2D eigenvalue weighted by molar-refractivity contribution is 5.91. The molecule has 8 nitrogen and oxygen atoms in total. The highest BCUT2D eigenvalue weighted by Crippen LogP contribution is 2.27. The number of aryl methyl sites for hydroxylation is 1. The largest absolute Gasteiger partial charge is 0.505 e. The van der Waals surface area contributed by atoms with Crippen molar-refractivity contribution < 1.29 is 28.6 Å². The summed E-state index contributed by atoms with van der Waals surface area (Å²) in [5.41, 5.74) is -0.238. The molecule has 1 unspecified atom stereocenters. The van der Waals surface area contributed by atoms with Crippen molar-refractivity contribution in [1.82, 2.24) is 9.88 Å². The molecular weight excluding hydrogens is 424 g/mol. The molecule has 0 bridgehead atoms. The molecule has 3 rings (SSSR count). The van der Waals surface area contributed by atoms with Crippen molar-refractivity contribution in [2.24, 2.45) is 7.05 Å². The van der Waals surface area contributed by atoms with E-state index in [4.69, 9.17) is 0 Å². The number of nitrogens with one attached hydrogen (secondary N) is 2. The van der Waals surface area contributed by atoms with Crippen molar-refractivity contribution in [3.63, 3.8) is 0 Å². The van der Waals surface area contributed by atoms with Crippen LogP contribution in [0.3, 0.4) is 0 Å². The van der Waals surface area contributed by atoms with Gasteiger partial charge in [-0.3, -0.25) is 9.59 Å². The number of carboxylic acid groups (broad SMARTS) is 1. The van der Waals surface area contributed by atoms with Gasteiger partial charge in [-0.15, -0.1) is 0 Å². The minimum atomic E-state index is -1.22. The Hall–Kier alpha value is -4.21. The number of hydrogen-bond donors (Lipinski definition) is 4. The topological polar surface area (TPSA) is 121 Å². The van der Waals surface area contributed by atoms with Crippen LogP contribution in [-0.2, 0) is 11.8 Å². The standard InChI is InChI=1S/C22H19F2N3O5/c1-27-8-7-18(28)20(21(27)31)26-22(32)25-17(11-19(29)30)13-4-2-3-12(9-13)15-6-5-14(23)10-16(15)24/h2-10,17,28H,11H2,1H3,(H,29,30)(H2,25,26,32). The van der Waals surface area contributed by atoms with Crippen molar-refractivity contribution >= 4 is 17.7 Å². The molecular formula is C22H19F2N3O5. The average Bonchev–Trinajstić information content (AvgIpc) is 2.73. The van der Waals surface area contributed by atoms with Gasteiger partial charge in [0.2, 0.25) is 0 Å². The Bertz CT molecular complexity index is 1240. The molecule has 1 aromatic heterocycles. The van der Waals surface area contributed by atoms with Gasteiger partial charge in [-0.2, -0.15) is 0 Å². The monoisotopic (exact) mass is 443 g/mol. The molecule has 10 heteroatoms. The fourth-order valence-electron chi connectivity index (χ4n) is 3.12. The molecule has 0 saturated heterocycles. The predicted molar refractivity (Wildman–Crippen MR) is 112 cm³/mol. The first-order valence-electron chi connectivity index (χ1n) is 9.39. The molecule has 0 aliphatic carbocycles. The third kappa shape index (κ3) is 5.09. The fourth-order valence-corrected chi connectivity index (χ4v) is 3.12. The number of benzene rings is 2. The van der Waals surface area contributed by atoms with Crippen LogP contribution in [0.2, 0.25) is 0 Å². The van der Waals surface area contributed by atoms with E-state index in [2.05, 4.69) is 10.6 Å². The number of aliphatic carboxylic acids is 1. The third-order valence-corrected chi connectivity index (χ3v) is 4.70. The van der Waals surface area contributed by atoms with Gasteiger partial charge in [0.1, 0.15) is 17.4 Å². The SMILES string of the molecule is Cn1ccc(O)c(NC(=O)NC(CC(=O)O)c2cccc(-c3ccc(F)cc3F)c2)c1=O. The van der Waals surface area contributed by atoms with Crippen molar-refractivity contribution in [2.45, 2.75) is 12.5 Å². The van der Waals surface area contributed by atoms with Crippen LogP contribution in [0.4, 0.5) is 19.3 Å². The number of carbonyl (C=O) groups excluding carboxylic acids is 1. The fraction of sp³-hybridized carbons (Fsp3) is 0.136. The highest BCUT2D eigenvalue weighted by Gasteiger charge is 2.21. The maximum absolute atomic E-state index is 14.2. The smallest absolute Gasteiger partial charge is 0.319 e. The number of amides is 2. The van der Waals surface area contributed by atoms with Gasteiger partial charge in [0, 0.05) is 24.9 Å². The number of hydrogen-bond acceptors (Lipinski definition) is 4. The Morgan fingerprint density at radius 3 is 2.56 bits per heavy atom. The molecule has 0 aliphatic rings. The van der Waals surface area contributed by atoms with Crippen LogP contribution in [0.25, 0.3) is 11.1 Å². The summed E-state index contributed by atoms with van der Waals surface area (Å²) in [4.78, 5) is 35.9. The van der Waals surface area contributed by atoms with E-state index in [0.29, 0.717) is 11.1 Å². The van der Waals surface area contributed by atoms with Crippen molar-refractivity contribution in [3.8, 4) is 16.9 Å². The third-order valence-electron chi connectivity index (χ3n) is 4.70. The molecule has 0 fully saturated rings. The first-order valence-corrected chi connectivity index (χ1v) is 9.39. The number of halogens is 2. The Labute approximate surface area is 180 Å². The molecule has 32 heavy (non-hydrogen) atoms. The minimum absolute atomic E-state index is 0.101. The molecule has 0 aliphatic heterocycles. The molecule has 3 aromatic rings. The molecule has 0 radical (unpaired) electrons. The number of carboxylic acids is 1. The number of aromatic hydroxyl groups is 1.